The highest BCUT2D eigenvalue weighted by molar-refractivity contribution is 6.05. The molecule has 3 aliphatic carbocycles. The molecule has 32 heavy (non-hydrogen) atoms. The number of imide groups is 1. The van der Waals surface area contributed by atoms with E-state index in [1.54, 1.807) is 4.90 Å². The minimum atomic E-state index is -0.0733. The zero-order valence-corrected chi connectivity index (χ0v) is 20.6. The fourth-order valence-corrected chi connectivity index (χ4v) is 8.75. The van der Waals surface area contributed by atoms with Gasteiger partial charge in [0.25, 0.3) is 0 Å². The van der Waals surface area contributed by atoms with Gasteiger partial charge in [-0.2, -0.15) is 0 Å². The van der Waals surface area contributed by atoms with Crippen molar-refractivity contribution in [1.82, 2.24) is 9.80 Å². The number of rotatable bonds is 3. The van der Waals surface area contributed by atoms with E-state index in [-0.39, 0.29) is 46.4 Å². The molecule has 2 heterocycles. The first kappa shape index (κ1) is 22.4. The summed E-state index contributed by atoms with van der Waals surface area (Å²) in [4.78, 5) is 43.9. The van der Waals surface area contributed by atoms with Gasteiger partial charge < -0.3 is 4.90 Å². The van der Waals surface area contributed by atoms with Crippen molar-refractivity contribution in [1.29, 1.82) is 0 Å². The van der Waals surface area contributed by atoms with E-state index in [9.17, 15) is 14.4 Å². The monoisotopic (exact) mass is 442 g/mol. The molecule has 7 unspecified atom stereocenters. The van der Waals surface area contributed by atoms with E-state index >= 15 is 0 Å². The SMILES string of the molecule is CC1C2CCCCC2C(=O)N1CC1(C)CC(N2C(=O)C3CCCCC3C2=O)CC(C)(C)C1. The van der Waals surface area contributed by atoms with E-state index in [0.29, 0.717) is 17.9 Å². The second-order valence-corrected chi connectivity index (χ2v) is 13.0. The molecule has 5 rings (SSSR count). The largest absolute Gasteiger partial charge is 0.339 e. The van der Waals surface area contributed by atoms with Crippen molar-refractivity contribution < 1.29 is 14.4 Å². The Morgan fingerprint density at radius 2 is 1.34 bits per heavy atom. The zero-order chi connectivity index (χ0) is 22.8. The number of likely N-dealkylation sites (tertiary alicyclic amines) is 2. The van der Waals surface area contributed by atoms with Crippen molar-refractivity contribution in [3.63, 3.8) is 0 Å². The van der Waals surface area contributed by atoms with Gasteiger partial charge in [0.2, 0.25) is 17.7 Å². The van der Waals surface area contributed by atoms with Crippen LogP contribution in [0.15, 0.2) is 0 Å². The van der Waals surface area contributed by atoms with Crippen LogP contribution in [0.1, 0.15) is 98.3 Å². The number of carbonyl (C=O) groups excluding carboxylic acids is 3. The van der Waals surface area contributed by atoms with Gasteiger partial charge in [-0.25, -0.2) is 0 Å². The van der Waals surface area contributed by atoms with E-state index in [1.165, 1.54) is 19.3 Å². The lowest BCUT2D eigenvalue weighted by molar-refractivity contribution is -0.147. The van der Waals surface area contributed by atoms with Crippen molar-refractivity contribution in [3.8, 4) is 0 Å². The first-order valence-electron chi connectivity index (χ1n) is 13.3. The standard InChI is InChI=1S/C27H42N2O3/c1-17-19-9-5-6-10-20(19)23(30)28(17)16-27(4)14-18(13-26(2,3)15-27)29-24(31)21-11-7-8-12-22(21)25(29)32/h17-22H,5-16H2,1-4H3. The first-order chi connectivity index (χ1) is 15.1. The maximum Gasteiger partial charge on any atom is 0.233 e. The summed E-state index contributed by atoms with van der Waals surface area (Å²) in [6, 6.07) is 0.288. The predicted molar refractivity (Wildman–Crippen MR) is 123 cm³/mol. The summed E-state index contributed by atoms with van der Waals surface area (Å²) in [5.74, 6) is 1.15. The summed E-state index contributed by atoms with van der Waals surface area (Å²) >= 11 is 0. The highest BCUT2D eigenvalue weighted by Crippen LogP contribution is 2.52. The van der Waals surface area contributed by atoms with Crippen molar-refractivity contribution >= 4 is 17.7 Å². The number of carbonyl (C=O) groups is 3. The van der Waals surface area contributed by atoms with Crippen LogP contribution in [0, 0.1) is 34.5 Å². The Morgan fingerprint density at radius 3 is 1.94 bits per heavy atom. The van der Waals surface area contributed by atoms with Crippen LogP contribution < -0.4 is 0 Å². The third-order valence-electron chi connectivity index (χ3n) is 9.75. The highest BCUT2D eigenvalue weighted by atomic mass is 16.2. The Labute approximate surface area is 193 Å². The molecule has 0 aromatic carbocycles. The average Bonchev–Trinajstić information content (AvgIpc) is 3.13. The molecule has 0 aromatic heterocycles. The molecule has 3 amide bonds. The van der Waals surface area contributed by atoms with Crippen molar-refractivity contribution in [2.24, 2.45) is 34.5 Å². The summed E-state index contributed by atoms with van der Waals surface area (Å²) in [5, 5.41) is 0. The van der Waals surface area contributed by atoms with Crippen molar-refractivity contribution in [3.05, 3.63) is 0 Å². The Bertz CT molecular complexity index is 783. The molecule has 2 saturated heterocycles. The van der Waals surface area contributed by atoms with Gasteiger partial charge in [0.1, 0.15) is 0 Å². The Hall–Kier alpha value is -1.39. The van der Waals surface area contributed by atoms with E-state index in [1.807, 2.05) is 0 Å². The molecule has 0 radical (unpaired) electrons. The molecule has 0 N–H and O–H groups in total. The van der Waals surface area contributed by atoms with E-state index in [2.05, 4.69) is 32.6 Å². The minimum Gasteiger partial charge on any atom is -0.339 e. The molecule has 3 saturated carbocycles. The van der Waals surface area contributed by atoms with Crippen LogP contribution in [0.5, 0.6) is 0 Å². The van der Waals surface area contributed by atoms with Crippen LogP contribution in [0.4, 0.5) is 0 Å². The number of amides is 3. The molecule has 178 valence electrons. The van der Waals surface area contributed by atoms with Gasteiger partial charge in [-0.3, -0.25) is 19.3 Å². The number of fused-ring (bicyclic) bond motifs is 2. The minimum absolute atomic E-state index is 0.0235. The molecular weight excluding hydrogens is 400 g/mol. The molecule has 2 aliphatic heterocycles. The number of hydrogen-bond donors (Lipinski definition) is 0. The molecule has 5 fully saturated rings. The normalized spacial score (nSPS) is 44.1. The molecule has 5 aliphatic rings. The van der Waals surface area contributed by atoms with E-state index < -0.39 is 0 Å². The Balaban J connectivity index is 1.37. The molecule has 0 spiro atoms. The lowest BCUT2D eigenvalue weighted by Crippen LogP contribution is -2.53. The van der Waals surface area contributed by atoms with Crippen molar-refractivity contribution in [2.45, 2.75) is 110 Å². The average molecular weight is 443 g/mol. The Kier molecular flexibility index (Phi) is 5.49. The van der Waals surface area contributed by atoms with Gasteiger partial charge in [0.15, 0.2) is 0 Å². The maximum atomic E-state index is 13.3. The van der Waals surface area contributed by atoms with Gasteiger partial charge in [-0.05, 0) is 68.6 Å². The number of hydrogen-bond acceptors (Lipinski definition) is 3. The molecule has 5 nitrogen and oxygen atoms in total. The highest BCUT2D eigenvalue weighted by Gasteiger charge is 2.55. The third kappa shape index (κ3) is 3.62. The van der Waals surface area contributed by atoms with Crippen molar-refractivity contribution in [2.75, 3.05) is 6.54 Å². The summed E-state index contributed by atoms with van der Waals surface area (Å²) < 4.78 is 0. The molecule has 5 heteroatoms. The Morgan fingerprint density at radius 1 is 0.781 bits per heavy atom. The maximum absolute atomic E-state index is 13.3. The van der Waals surface area contributed by atoms with Gasteiger partial charge in [0, 0.05) is 24.5 Å². The molecular formula is C27H42N2O3. The van der Waals surface area contributed by atoms with Gasteiger partial charge in [0.05, 0.1) is 11.8 Å². The first-order valence-corrected chi connectivity index (χ1v) is 13.3. The number of nitrogens with zero attached hydrogens (tertiary/aromatic N) is 2. The molecule has 7 atom stereocenters. The van der Waals surface area contributed by atoms with Gasteiger partial charge in [-0.15, -0.1) is 0 Å². The van der Waals surface area contributed by atoms with Gasteiger partial charge in [-0.1, -0.05) is 46.5 Å². The van der Waals surface area contributed by atoms with Crippen LogP contribution in [0.25, 0.3) is 0 Å². The predicted octanol–water partition coefficient (Wildman–Crippen LogP) is 4.78. The van der Waals surface area contributed by atoms with Crippen LogP contribution in [-0.4, -0.2) is 46.1 Å². The second kappa shape index (κ2) is 7.84. The van der Waals surface area contributed by atoms with Crippen LogP contribution >= 0.6 is 0 Å². The fourth-order valence-electron chi connectivity index (χ4n) is 8.75. The lowest BCUT2D eigenvalue weighted by atomic mass is 9.62. The van der Waals surface area contributed by atoms with Crippen LogP contribution in [0.3, 0.4) is 0 Å². The van der Waals surface area contributed by atoms with E-state index in [4.69, 9.17) is 0 Å². The zero-order valence-electron chi connectivity index (χ0n) is 20.6. The molecule has 0 aromatic rings. The van der Waals surface area contributed by atoms with E-state index in [0.717, 1.165) is 57.9 Å². The summed E-state index contributed by atoms with van der Waals surface area (Å²) in [6.07, 6.45) is 11.3. The summed E-state index contributed by atoms with van der Waals surface area (Å²) in [7, 11) is 0. The summed E-state index contributed by atoms with van der Waals surface area (Å²) in [5.41, 5.74) is -0.0249. The van der Waals surface area contributed by atoms with Crippen LogP contribution in [-0.2, 0) is 14.4 Å². The smallest absolute Gasteiger partial charge is 0.233 e. The topological polar surface area (TPSA) is 57.7 Å². The van der Waals surface area contributed by atoms with Gasteiger partial charge >= 0.3 is 0 Å². The lowest BCUT2D eigenvalue weighted by Gasteiger charge is -2.50. The third-order valence-corrected chi connectivity index (χ3v) is 9.75. The summed E-state index contributed by atoms with van der Waals surface area (Å²) in [6.45, 7) is 9.89. The molecule has 0 bridgehead atoms. The fraction of sp³-hybridized carbons (Fsp3) is 0.889. The quantitative estimate of drug-likeness (QED) is 0.591. The van der Waals surface area contributed by atoms with Crippen LogP contribution in [0.2, 0.25) is 0 Å². The second-order valence-electron chi connectivity index (χ2n) is 13.0.